The lowest BCUT2D eigenvalue weighted by Crippen LogP contribution is -2.23. The maximum Gasteiger partial charge on any atom is 0.314 e. The standard InChI is InChI=1S/C17H11ClF2N4O2/c18-12-4-2-1-3-9(12)7-24-8-13-11(17(24)25)5-10(6-21-13)15-22-23-16(26-15)14(19)20/h1-6,14H,7-8H2. The van der Waals surface area contributed by atoms with Gasteiger partial charge in [0.15, 0.2) is 0 Å². The van der Waals surface area contributed by atoms with Crippen molar-refractivity contribution in [1.82, 2.24) is 20.1 Å². The van der Waals surface area contributed by atoms with Crippen molar-refractivity contribution >= 4 is 17.5 Å². The van der Waals surface area contributed by atoms with E-state index in [2.05, 4.69) is 15.2 Å². The topological polar surface area (TPSA) is 72.1 Å². The van der Waals surface area contributed by atoms with E-state index in [1.807, 2.05) is 18.2 Å². The number of rotatable bonds is 4. The van der Waals surface area contributed by atoms with E-state index in [1.54, 1.807) is 11.0 Å². The normalized spacial score (nSPS) is 13.5. The predicted octanol–water partition coefficient (Wildman–Crippen LogP) is 3.88. The minimum absolute atomic E-state index is 0.104. The Balaban J connectivity index is 1.60. The van der Waals surface area contributed by atoms with Gasteiger partial charge in [0.05, 0.1) is 23.4 Å². The third-order valence-corrected chi connectivity index (χ3v) is 4.39. The molecule has 0 bridgehead atoms. The van der Waals surface area contributed by atoms with Gasteiger partial charge in [-0.05, 0) is 17.7 Å². The molecule has 2 aromatic heterocycles. The van der Waals surface area contributed by atoms with Gasteiger partial charge in [-0.3, -0.25) is 9.78 Å². The fourth-order valence-electron chi connectivity index (χ4n) is 2.74. The summed E-state index contributed by atoms with van der Waals surface area (Å²) in [6, 6.07) is 8.80. The predicted molar refractivity (Wildman–Crippen MR) is 87.5 cm³/mol. The van der Waals surface area contributed by atoms with E-state index in [0.717, 1.165) is 5.56 Å². The third kappa shape index (κ3) is 2.92. The van der Waals surface area contributed by atoms with Gasteiger partial charge in [-0.15, -0.1) is 10.2 Å². The van der Waals surface area contributed by atoms with Crippen LogP contribution in [-0.2, 0) is 13.1 Å². The van der Waals surface area contributed by atoms with Crippen LogP contribution in [0.3, 0.4) is 0 Å². The van der Waals surface area contributed by atoms with E-state index in [1.165, 1.54) is 12.3 Å². The number of amides is 1. The van der Waals surface area contributed by atoms with Crippen LogP contribution in [0, 0.1) is 0 Å². The number of alkyl halides is 2. The zero-order chi connectivity index (χ0) is 18.3. The minimum Gasteiger partial charge on any atom is -0.415 e. The van der Waals surface area contributed by atoms with E-state index < -0.39 is 12.3 Å². The van der Waals surface area contributed by atoms with Crippen molar-refractivity contribution in [3.8, 4) is 11.5 Å². The van der Waals surface area contributed by atoms with E-state index in [9.17, 15) is 13.6 Å². The number of hydrogen-bond acceptors (Lipinski definition) is 5. The second kappa shape index (κ2) is 6.45. The number of benzene rings is 1. The number of nitrogens with zero attached hydrogens (tertiary/aromatic N) is 4. The van der Waals surface area contributed by atoms with Gasteiger partial charge in [0, 0.05) is 17.8 Å². The summed E-state index contributed by atoms with van der Waals surface area (Å²) >= 11 is 6.15. The largest absolute Gasteiger partial charge is 0.415 e. The maximum atomic E-state index is 12.7. The molecule has 0 atom stereocenters. The van der Waals surface area contributed by atoms with Crippen molar-refractivity contribution in [2.75, 3.05) is 0 Å². The Morgan fingerprint density at radius 2 is 2.08 bits per heavy atom. The van der Waals surface area contributed by atoms with Crippen molar-refractivity contribution in [3.05, 3.63) is 64.3 Å². The Morgan fingerprint density at radius 3 is 2.81 bits per heavy atom. The highest BCUT2D eigenvalue weighted by molar-refractivity contribution is 6.31. The highest BCUT2D eigenvalue weighted by Gasteiger charge is 2.30. The highest BCUT2D eigenvalue weighted by Crippen LogP contribution is 2.29. The molecule has 0 N–H and O–H groups in total. The zero-order valence-electron chi connectivity index (χ0n) is 13.2. The van der Waals surface area contributed by atoms with Crippen molar-refractivity contribution in [1.29, 1.82) is 0 Å². The third-order valence-electron chi connectivity index (χ3n) is 4.02. The Hall–Kier alpha value is -2.87. The molecule has 0 fully saturated rings. The fraction of sp³-hybridized carbons (Fsp3) is 0.176. The molecule has 0 saturated carbocycles. The number of carbonyl (C=O) groups excluding carboxylic acids is 1. The first-order chi connectivity index (χ1) is 12.5. The van der Waals surface area contributed by atoms with Crippen LogP contribution >= 0.6 is 11.6 Å². The van der Waals surface area contributed by atoms with Gasteiger partial charge in [-0.2, -0.15) is 8.78 Å². The summed E-state index contributed by atoms with van der Waals surface area (Å²) in [4.78, 5) is 18.5. The zero-order valence-corrected chi connectivity index (χ0v) is 14.0. The molecule has 4 rings (SSSR count). The van der Waals surface area contributed by atoms with Crippen LogP contribution in [0.1, 0.15) is 33.9 Å². The molecule has 132 valence electrons. The average Bonchev–Trinajstić information content (AvgIpc) is 3.23. The number of hydrogen-bond donors (Lipinski definition) is 0. The summed E-state index contributed by atoms with van der Waals surface area (Å²) in [6.07, 6.45) is -1.43. The van der Waals surface area contributed by atoms with Crippen molar-refractivity contribution < 1.29 is 18.0 Å². The van der Waals surface area contributed by atoms with Crippen molar-refractivity contribution in [3.63, 3.8) is 0 Å². The molecule has 6 nitrogen and oxygen atoms in total. The minimum atomic E-state index is -2.86. The van der Waals surface area contributed by atoms with Crippen LogP contribution in [-0.4, -0.2) is 26.0 Å². The van der Waals surface area contributed by atoms with Gasteiger partial charge >= 0.3 is 6.43 Å². The number of fused-ring (bicyclic) bond motifs is 1. The first-order valence-corrected chi connectivity index (χ1v) is 8.04. The Morgan fingerprint density at radius 1 is 1.27 bits per heavy atom. The molecule has 9 heteroatoms. The van der Waals surface area contributed by atoms with E-state index in [4.69, 9.17) is 16.0 Å². The van der Waals surface area contributed by atoms with E-state index >= 15 is 0 Å². The van der Waals surface area contributed by atoms with Crippen molar-refractivity contribution in [2.24, 2.45) is 0 Å². The fourth-order valence-corrected chi connectivity index (χ4v) is 2.94. The van der Waals surface area contributed by atoms with Crippen LogP contribution in [0.25, 0.3) is 11.5 Å². The first kappa shape index (κ1) is 16.6. The lowest BCUT2D eigenvalue weighted by Gasteiger charge is -2.16. The molecule has 3 heterocycles. The van der Waals surface area contributed by atoms with Gasteiger partial charge in [0.2, 0.25) is 5.89 Å². The van der Waals surface area contributed by atoms with Gasteiger partial charge in [0.1, 0.15) is 0 Å². The second-order valence-corrected chi connectivity index (χ2v) is 6.12. The number of carbonyl (C=O) groups is 1. The average molecular weight is 377 g/mol. The van der Waals surface area contributed by atoms with Crippen molar-refractivity contribution in [2.45, 2.75) is 19.5 Å². The summed E-state index contributed by atoms with van der Waals surface area (Å²) < 4.78 is 30.1. The summed E-state index contributed by atoms with van der Waals surface area (Å²) in [5.74, 6) is -1.09. The van der Waals surface area contributed by atoms with Gasteiger partial charge in [-0.25, -0.2) is 0 Å². The van der Waals surface area contributed by atoms with Gasteiger partial charge in [-0.1, -0.05) is 29.8 Å². The molecule has 0 aliphatic carbocycles. The van der Waals surface area contributed by atoms with Crippen LogP contribution in [0.5, 0.6) is 0 Å². The molecule has 0 radical (unpaired) electrons. The SMILES string of the molecule is O=C1c2cc(-c3nnc(C(F)F)o3)cnc2CN1Cc1ccccc1Cl. The van der Waals surface area contributed by atoms with Crippen LogP contribution in [0.15, 0.2) is 40.9 Å². The van der Waals surface area contributed by atoms with E-state index in [-0.39, 0.29) is 11.8 Å². The van der Waals surface area contributed by atoms with Crippen LogP contribution in [0.4, 0.5) is 8.78 Å². The molecule has 0 spiro atoms. The monoisotopic (exact) mass is 376 g/mol. The maximum absolute atomic E-state index is 12.7. The first-order valence-electron chi connectivity index (χ1n) is 7.66. The molecule has 0 unspecified atom stereocenters. The number of pyridine rings is 1. The van der Waals surface area contributed by atoms with E-state index in [0.29, 0.717) is 34.9 Å². The highest BCUT2D eigenvalue weighted by atomic mass is 35.5. The number of aromatic nitrogens is 3. The van der Waals surface area contributed by atoms with Gasteiger partial charge < -0.3 is 9.32 Å². The summed E-state index contributed by atoms with van der Waals surface area (Å²) in [6.45, 7) is 0.687. The summed E-state index contributed by atoms with van der Waals surface area (Å²) in [5, 5.41) is 7.44. The van der Waals surface area contributed by atoms with Crippen LogP contribution in [0.2, 0.25) is 5.02 Å². The molecule has 1 aromatic carbocycles. The lowest BCUT2D eigenvalue weighted by molar-refractivity contribution is 0.0766. The Labute approximate surface area is 151 Å². The molecule has 1 amide bonds. The molecular formula is C17H11ClF2N4O2. The Bertz CT molecular complexity index is 992. The summed E-state index contributed by atoms with van der Waals surface area (Å²) in [5.41, 5.74) is 2.12. The van der Waals surface area contributed by atoms with Gasteiger partial charge in [0.25, 0.3) is 11.8 Å². The molecule has 3 aromatic rings. The second-order valence-electron chi connectivity index (χ2n) is 5.72. The molecule has 0 saturated heterocycles. The quantitative estimate of drug-likeness (QED) is 0.691. The summed E-state index contributed by atoms with van der Waals surface area (Å²) in [7, 11) is 0. The smallest absolute Gasteiger partial charge is 0.314 e. The molecule has 1 aliphatic heterocycles. The molecule has 1 aliphatic rings. The number of halogens is 3. The lowest BCUT2D eigenvalue weighted by atomic mass is 10.1. The molecular weight excluding hydrogens is 366 g/mol. The Kier molecular flexibility index (Phi) is 4.12. The van der Waals surface area contributed by atoms with Crippen LogP contribution < -0.4 is 0 Å². The molecule has 26 heavy (non-hydrogen) atoms.